The van der Waals surface area contributed by atoms with Crippen molar-refractivity contribution >= 4 is 23.2 Å². The molecule has 0 aliphatic rings. The number of carbonyl (C=O) groups excluding carboxylic acids is 1. The van der Waals surface area contributed by atoms with Crippen molar-refractivity contribution in [2.24, 2.45) is 0 Å². The molecule has 0 aliphatic heterocycles. The van der Waals surface area contributed by atoms with E-state index in [-0.39, 0.29) is 11.7 Å². The lowest BCUT2D eigenvalue weighted by Gasteiger charge is -2.05. The molecule has 3 aromatic rings. The summed E-state index contributed by atoms with van der Waals surface area (Å²) in [5.41, 5.74) is 2.42. The zero-order valence-electron chi connectivity index (χ0n) is 13.9. The zero-order chi connectivity index (χ0) is 17.8. The summed E-state index contributed by atoms with van der Waals surface area (Å²) in [4.78, 5) is 16.7. The molecule has 0 fully saturated rings. The number of aromatic nitrogens is 3. The number of nitrogens with zero attached hydrogens (tertiary/aromatic N) is 3. The van der Waals surface area contributed by atoms with Gasteiger partial charge in [-0.1, -0.05) is 23.7 Å². The van der Waals surface area contributed by atoms with Crippen LogP contribution < -0.4 is 5.32 Å². The number of ether oxygens (including phenoxy) is 1. The third-order valence-electron chi connectivity index (χ3n) is 3.54. The second-order valence-corrected chi connectivity index (χ2v) is 5.89. The van der Waals surface area contributed by atoms with Gasteiger partial charge in [0.2, 0.25) is 5.82 Å². The number of halogens is 1. The minimum absolute atomic E-state index is 0.101. The standard InChI is InChI=1S/C18H17ClN4O2/c1-12-20-17(22-23(12)16-8-6-14(19)7-9-16)18(24)21-15-5-3-4-13(10-15)11-25-2/h3-10H,11H2,1-2H3,(H,21,24). The van der Waals surface area contributed by atoms with E-state index in [0.29, 0.717) is 23.1 Å². The van der Waals surface area contributed by atoms with Crippen LogP contribution in [0.3, 0.4) is 0 Å². The van der Waals surface area contributed by atoms with Gasteiger partial charge in [-0.25, -0.2) is 9.67 Å². The minimum Gasteiger partial charge on any atom is -0.380 e. The maximum Gasteiger partial charge on any atom is 0.295 e. The summed E-state index contributed by atoms with van der Waals surface area (Å²) in [6.07, 6.45) is 0. The maximum atomic E-state index is 12.4. The Bertz CT molecular complexity index is 890. The average molecular weight is 357 g/mol. The molecule has 0 spiro atoms. The van der Waals surface area contributed by atoms with E-state index in [1.165, 1.54) is 0 Å². The monoisotopic (exact) mass is 356 g/mol. The van der Waals surface area contributed by atoms with Gasteiger partial charge in [-0.15, -0.1) is 5.10 Å². The van der Waals surface area contributed by atoms with Gasteiger partial charge < -0.3 is 10.1 Å². The summed E-state index contributed by atoms with van der Waals surface area (Å²) < 4.78 is 6.70. The van der Waals surface area contributed by atoms with Crippen molar-refractivity contribution < 1.29 is 9.53 Å². The minimum atomic E-state index is -0.370. The number of anilines is 1. The van der Waals surface area contributed by atoms with Crippen LogP contribution in [0.1, 0.15) is 22.0 Å². The van der Waals surface area contributed by atoms with Crippen molar-refractivity contribution in [3.05, 3.63) is 70.8 Å². The van der Waals surface area contributed by atoms with E-state index in [1.54, 1.807) is 36.9 Å². The van der Waals surface area contributed by atoms with Crippen molar-refractivity contribution in [2.45, 2.75) is 13.5 Å². The number of methoxy groups -OCH3 is 1. The van der Waals surface area contributed by atoms with E-state index in [0.717, 1.165) is 11.3 Å². The fourth-order valence-corrected chi connectivity index (χ4v) is 2.53. The first-order chi connectivity index (χ1) is 12.1. The topological polar surface area (TPSA) is 69.0 Å². The van der Waals surface area contributed by atoms with Crippen LogP contribution >= 0.6 is 11.6 Å². The highest BCUT2D eigenvalue weighted by Gasteiger charge is 2.15. The molecule has 1 heterocycles. The average Bonchev–Trinajstić information content (AvgIpc) is 2.98. The van der Waals surface area contributed by atoms with Crippen LogP contribution in [0.2, 0.25) is 5.02 Å². The van der Waals surface area contributed by atoms with Gasteiger partial charge in [0.1, 0.15) is 5.82 Å². The summed E-state index contributed by atoms with van der Waals surface area (Å²) in [5, 5.41) is 7.73. The van der Waals surface area contributed by atoms with Gasteiger partial charge in [0, 0.05) is 17.8 Å². The van der Waals surface area contributed by atoms with Crippen molar-refractivity contribution in [3.8, 4) is 5.69 Å². The van der Waals surface area contributed by atoms with Crippen molar-refractivity contribution in [1.29, 1.82) is 0 Å². The summed E-state index contributed by atoms with van der Waals surface area (Å²) in [7, 11) is 1.63. The molecule has 25 heavy (non-hydrogen) atoms. The van der Waals surface area contributed by atoms with E-state index in [9.17, 15) is 4.79 Å². The SMILES string of the molecule is COCc1cccc(NC(=O)c2nc(C)n(-c3ccc(Cl)cc3)n2)c1. The predicted octanol–water partition coefficient (Wildman–Crippen LogP) is 3.63. The van der Waals surface area contributed by atoms with Crippen LogP contribution in [0.4, 0.5) is 5.69 Å². The number of hydrogen-bond donors (Lipinski definition) is 1. The van der Waals surface area contributed by atoms with Crippen LogP contribution in [0, 0.1) is 6.92 Å². The Labute approximate surface area is 150 Å². The molecule has 6 nitrogen and oxygen atoms in total. The molecule has 0 radical (unpaired) electrons. The molecule has 1 amide bonds. The first-order valence-corrected chi connectivity index (χ1v) is 8.03. The fourth-order valence-electron chi connectivity index (χ4n) is 2.41. The third-order valence-corrected chi connectivity index (χ3v) is 3.79. The molecule has 0 saturated carbocycles. The lowest BCUT2D eigenvalue weighted by Crippen LogP contribution is -2.14. The summed E-state index contributed by atoms with van der Waals surface area (Å²) in [6, 6.07) is 14.6. The van der Waals surface area contributed by atoms with E-state index in [4.69, 9.17) is 16.3 Å². The molecule has 0 bridgehead atoms. The van der Waals surface area contributed by atoms with Crippen LogP contribution in [0.25, 0.3) is 5.69 Å². The number of benzene rings is 2. The van der Waals surface area contributed by atoms with Crippen LogP contribution in [-0.2, 0) is 11.3 Å². The Morgan fingerprint density at radius 1 is 1.24 bits per heavy atom. The fraction of sp³-hybridized carbons (Fsp3) is 0.167. The van der Waals surface area contributed by atoms with E-state index in [1.807, 2.05) is 30.3 Å². The first kappa shape index (κ1) is 17.1. The maximum absolute atomic E-state index is 12.4. The van der Waals surface area contributed by atoms with Crippen LogP contribution in [-0.4, -0.2) is 27.8 Å². The van der Waals surface area contributed by atoms with Gasteiger partial charge in [-0.2, -0.15) is 0 Å². The number of carbonyl (C=O) groups is 1. The van der Waals surface area contributed by atoms with Gasteiger partial charge in [-0.3, -0.25) is 4.79 Å². The van der Waals surface area contributed by atoms with Gasteiger partial charge in [0.15, 0.2) is 0 Å². The van der Waals surface area contributed by atoms with E-state index >= 15 is 0 Å². The molecule has 7 heteroatoms. The molecule has 2 aromatic carbocycles. The molecule has 0 aliphatic carbocycles. The zero-order valence-corrected chi connectivity index (χ0v) is 14.6. The quantitative estimate of drug-likeness (QED) is 0.758. The van der Waals surface area contributed by atoms with E-state index < -0.39 is 0 Å². The Balaban J connectivity index is 1.80. The van der Waals surface area contributed by atoms with Gasteiger partial charge >= 0.3 is 0 Å². The molecule has 0 atom stereocenters. The molecular formula is C18H17ClN4O2. The molecule has 0 unspecified atom stereocenters. The van der Waals surface area contributed by atoms with Crippen molar-refractivity contribution in [2.75, 3.05) is 12.4 Å². The predicted molar refractivity (Wildman–Crippen MR) is 96.2 cm³/mol. The molecule has 1 N–H and O–H groups in total. The largest absolute Gasteiger partial charge is 0.380 e. The lowest BCUT2D eigenvalue weighted by atomic mass is 10.2. The van der Waals surface area contributed by atoms with Crippen LogP contribution in [0.15, 0.2) is 48.5 Å². The lowest BCUT2D eigenvalue weighted by molar-refractivity contribution is 0.101. The highest BCUT2D eigenvalue weighted by molar-refractivity contribution is 6.30. The highest BCUT2D eigenvalue weighted by Crippen LogP contribution is 2.15. The van der Waals surface area contributed by atoms with E-state index in [2.05, 4.69) is 15.4 Å². The molecule has 128 valence electrons. The molecule has 3 rings (SSSR count). The summed E-state index contributed by atoms with van der Waals surface area (Å²) in [6.45, 7) is 2.27. The first-order valence-electron chi connectivity index (χ1n) is 7.65. The number of amides is 1. The van der Waals surface area contributed by atoms with Crippen molar-refractivity contribution in [1.82, 2.24) is 14.8 Å². The highest BCUT2D eigenvalue weighted by atomic mass is 35.5. The Morgan fingerprint density at radius 2 is 2.00 bits per heavy atom. The number of hydrogen-bond acceptors (Lipinski definition) is 4. The van der Waals surface area contributed by atoms with Gasteiger partial charge in [0.25, 0.3) is 5.91 Å². The number of nitrogens with one attached hydrogen (secondary N) is 1. The van der Waals surface area contributed by atoms with Gasteiger partial charge in [-0.05, 0) is 48.9 Å². The molecule has 0 saturated heterocycles. The summed E-state index contributed by atoms with van der Waals surface area (Å²) in [5.74, 6) is 0.343. The Kier molecular flexibility index (Phi) is 5.11. The Hall–Kier alpha value is -2.70. The van der Waals surface area contributed by atoms with Crippen molar-refractivity contribution in [3.63, 3.8) is 0 Å². The smallest absolute Gasteiger partial charge is 0.295 e. The normalized spacial score (nSPS) is 10.7. The number of rotatable bonds is 5. The molecule has 1 aromatic heterocycles. The second-order valence-electron chi connectivity index (χ2n) is 5.46. The number of aryl methyl sites for hydroxylation is 1. The van der Waals surface area contributed by atoms with Crippen LogP contribution in [0.5, 0.6) is 0 Å². The Morgan fingerprint density at radius 3 is 2.72 bits per heavy atom. The summed E-state index contributed by atoms with van der Waals surface area (Å²) >= 11 is 5.90. The van der Waals surface area contributed by atoms with Gasteiger partial charge in [0.05, 0.1) is 12.3 Å². The molecular weight excluding hydrogens is 340 g/mol. The second kappa shape index (κ2) is 7.46. The third kappa shape index (κ3) is 4.04.